The average Bonchev–Trinajstić information content (AvgIpc) is 2.52. The van der Waals surface area contributed by atoms with E-state index < -0.39 is 0 Å². The number of ketones is 1. The van der Waals surface area contributed by atoms with E-state index in [1.807, 2.05) is 6.92 Å². The Hall–Kier alpha value is -0.860. The van der Waals surface area contributed by atoms with Gasteiger partial charge in [0.2, 0.25) is 0 Å². The minimum atomic E-state index is -0.113. The number of hydrogen-bond donors (Lipinski definition) is 0. The zero-order valence-corrected chi connectivity index (χ0v) is 9.62. The van der Waals surface area contributed by atoms with Gasteiger partial charge < -0.3 is 9.53 Å². The number of esters is 1. The molecule has 0 aromatic rings. The molecule has 1 aliphatic rings. The van der Waals surface area contributed by atoms with E-state index in [2.05, 4.69) is 0 Å². The molecule has 0 heterocycles. The van der Waals surface area contributed by atoms with E-state index in [9.17, 15) is 9.59 Å². The van der Waals surface area contributed by atoms with Crippen molar-refractivity contribution >= 4 is 11.8 Å². The molecule has 1 saturated carbocycles. The molecule has 86 valence electrons. The van der Waals surface area contributed by atoms with Gasteiger partial charge in [0.15, 0.2) is 0 Å². The van der Waals surface area contributed by atoms with Crippen LogP contribution in [0, 0.1) is 11.8 Å². The molecular weight excluding hydrogens is 192 g/mol. The van der Waals surface area contributed by atoms with Crippen LogP contribution in [0.3, 0.4) is 0 Å². The minimum Gasteiger partial charge on any atom is -0.466 e. The molecule has 1 aliphatic carbocycles. The molecule has 2 atom stereocenters. The summed E-state index contributed by atoms with van der Waals surface area (Å²) in [4.78, 5) is 22.4. The van der Waals surface area contributed by atoms with Gasteiger partial charge in [-0.3, -0.25) is 4.79 Å². The Labute approximate surface area is 91.2 Å². The van der Waals surface area contributed by atoms with E-state index in [0.29, 0.717) is 31.3 Å². The third-order valence-corrected chi connectivity index (χ3v) is 3.10. The molecule has 3 nitrogen and oxygen atoms in total. The summed E-state index contributed by atoms with van der Waals surface area (Å²) in [5.41, 5.74) is 0. The third kappa shape index (κ3) is 4.02. The lowest BCUT2D eigenvalue weighted by molar-refractivity contribution is -0.144. The molecule has 0 aromatic heterocycles. The van der Waals surface area contributed by atoms with Crippen molar-refractivity contribution in [2.45, 2.75) is 46.0 Å². The van der Waals surface area contributed by atoms with Gasteiger partial charge in [-0.15, -0.1) is 0 Å². The zero-order chi connectivity index (χ0) is 11.3. The highest BCUT2D eigenvalue weighted by atomic mass is 16.5. The Bertz CT molecular complexity index is 235. The first-order valence-electron chi connectivity index (χ1n) is 5.78. The first-order chi connectivity index (χ1) is 7.13. The van der Waals surface area contributed by atoms with E-state index in [-0.39, 0.29) is 11.8 Å². The van der Waals surface area contributed by atoms with Crippen LogP contribution in [0.5, 0.6) is 0 Å². The molecule has 1 fully saturated rings. The van der Waals surface area contributed by atoms with Crippen LogP contribution >= 0.6 is 0 Å². The summed E-state index contributed by atoms with van der Waals surface area (Å²) < 4.78 is 4.93. The molecule has 0 amide bonds. The van der Waals surface area contributed by atoms with Crippen molar-refractivity contribution in [3.05, 3.63) is 0 Å². The molecule has 0 bridgehead atoms. The molecular formula is C12H20O3. The molecule has 0 N–H and O–H groups in total. The quantitative estimate of drug-likeness (QED) is 0.657. The molecule has 0 unspecified atom stereocenters. The summed E-state index contributed by atoms with van der Waals surface area (Å²) in [5.74, 6) is 0.897. The summed E-state index contributed by atoms with van der Waals surface area (Å²) in [6.07, 6.45) is 4.41. The second kappa shape index (κ2) is 5.89. The van der Waals surface area contributed by atoms with Gasteiger partial charge in [0, 0.05) is 12.8 Å². The van der Waals surface area contributed by atoms with Crippen molar-refractivity contribution < 1.29 is 14.3 Å². The van der Waals surface area contributed by atoms with Gasteiger partial charge in [-0.1, -0.05) is 6.42 Å². The molecule has 1 rings (SSSR count). The summed E-state index contributed by atoms with van der Waals surface area (Å²) in [7, 11) is 0. The highest BCUT2D eigenvalue weighted by molar-refractivity contribution is 5.76. The Morgan fingerprint density at radius 2 is 1.80 bits per heavy atom. The number of rotatable bonds is 5. The Morgan fingerprint density at radius 1 is 1.20 bits per heavy atom. The molecule has 3 heteroatoms. The Balaban J connectivity index is 2.39. The van der Waals surface area contributed by atoms with Crippen LogP contribution < -0.4 is 0 Å². The van der Waals surface area contributed by atoms with Crippen LogP contribution in [0.15, 0.2) is 0 Å². The maximum absolute atomic E-state index is 11.3. The smallest absolute Gasteiger partial charge is 0.306 e. The molecule has 0 spiro atoms. The number of Topliss-reactive ketones (excluding diaryl/α,β-unsaturated/α-hetero) is 1. The van der Waals surface area contributed by atoms with E-state index >= 15 is 0 Å². The van der Waals surface area contributed by atoms with Crippen molar-refractivity contribution in [1.82, 2.24) is 0 Å². The summed E-state index contributed by atoms with van der Waals surface area (Å²) >= 11 is 0. The molecule has 0 saturated heterocycles. The van der Waals surface area contributed by atoms with Crippen LogP contribution in [0.25, 0.3) is 0 Å². The molecule has 0 aliphatic heterocycles. The van der Waals surface area contributed by atoms with Crippen LogP contribution in [0.4, 0.5) is 0 Å². The highest BCUT2D eigenvalue weighted by Crippen LogP contribution is 2.36. The standard InChI is InChI=1S/C12H20O3/c1-3-15-12(14)8-11-6-4-5-10(11)7-9(2)13/h10-11H,3-8H2,1-2H3/t10-,11-/m1/s1. The van der Waals surface area contributed by atoms with Crippen LogP contribution in [0.1, 0.15) is 46.0 Å². The van der Waals surface area contributed by atoms with Gasteiger partial charge in [-0.25, -0.2) is 0 Å². The Kier molecular flexibility index (Phi) is 4.79. The van der Waals surface area contributed by atoms with E-state index in [1.54, 1.807) is 6.92 Å². The second-order valence-electron chi connectivity index (χ2n) is 4.37. The maximum atomic E-state index is 11.3. The van der Waals surface area contributed by atoms with Crippen molar-refractivity contribution in [1.29, 1.82) is 0 Å². The molecule has 15 heavy (non-hydrogen) atoms. The SMILES string of the molecule is CCOC(=O)C[C@H]1CCC[C@@H]1CC(C)=O. The van der Waals surface area contributed by atoms with Crippen LogP contribution in [-0.2, 0) is 14.3 Å². The topological polar surface area (TPSA) is 43.4 Å². The normalized spacial score (nSPS) is 25.2. The van der Waals surface area contributed by atoms with Crippen LogP contribution in [0.2, 0.25) is 0 Å². The maximum Gasteiger partial charge on any atom is 0.306 e. The third-order valence-electron chi connectivity index (χ3n) is 3.10. The van der Waals surface area contributed by atoms with Gasteiger partial charge in [0.1, 0.15) is 5.78 Å². The van der Waals surface area contributed by atoms with Crippen molar-refractivity contribution in [3.63, 3.8) is 0 Å². The number of ether oxygens (including phenoxy) is 1. The fourth-order valence-corrected chi connectivity index (χ4v) is 2.45. The predicted molar refractivity (Wildman–Crippen MR) is 57.4 cm³/mol. The predicted octanol–water partition coefficient (Wildman–Crippen LogP) is 2.33. The van der Waals surface area contributed by atoms with E-state index in [4.69, 9.17) is 4.74 Å². The first kappa shape index (κ1) is 12.2. The molecule has 0 radical (unpaired) electrons. The fraction of sp³-hybridized carbons (Fsp3) is 0.833. The Morgan fingerprint density at radius 3 is 2.33 bits per heavy atom. The van der Waals surface area contributed by atoms with Gasteiger partial charge in [0.05, 0.1) is 6.61 Å². The van der Waals surface area contributed by atoms with Crippen LogP contribution in [-0.4, -0.2) is 18.4 Å². The lowest BCUT2D eigenvalue weighted by atomic mass is 9.89. The summed E-state index contributed by atoms with van der Waals surface area (Å²) in [6.45, 7) is 3.89. The monoisotopic (exact) mass is 212 g/mol. The van der Waals surface area contributed by atoms with E-state index in [1.165, 1.54) is 0 Å². The van der Waals surface area contributed by atoms with Gasteiger partial charge >= 0.3 is 5.97 Å². The van der Waals surface area contributed by atoms with E-state index in [0.717, 1.165) is 19.3 Å². The van der Waals surface area contributed by atoms with Gasteiger partial charge in [0.25, 0.3) is 0 Å². The fourth-order valence-electron chi connectivity index (χ4n) is 2.45. The number of carbonyl (C=O) groups is 2. The lowest BCUT2D eigenvalue weighted by Crippen LogP contribution is -2.17. The van der Waals surface area contributed by atoms with Gasteiger partial charge in [-0.2, -0.15) is 0 Å². The summed E-state index contributed by atoms with van der Waals surface area (Å²) in [6, 6.07) is 0. The largest absolute Gasteiger partial charge is 0.466 e. The first-order valence-corrected chi connectivity index (χ1v) is 5.78. The number of hydrogen-bond acceptors (Lipinski definition) is 3. The van der Waals surface area contributed by atoms with Crippen molar-refractivity contribution in [2.24, 2.45) is 11.8 Å². The van der Waals surface area contributed by atoms with Crippen molar-refractivity contribution in [3.8, 4) is 0 Å². The number of carbonyl (C=O) groups excluding carboxylic acids is 2. The van der Waals surface area contributed by atoms with Crippen molar-refractivity contribution in [2.75, 3.05) is 6.61 Å². The van der Waals surface area contributed by atoms with Gasteiger partial charge in [-0.05, 0) is 38.5 Å². The highest BCUT2D eigenvalue weighted by Gasteiger charge is 2.30. The lowest BCUT2D eigenvalue weighted by Gasteiger charge is -2.17. The summed E-state index contributed by atoms with van der Waals surface area (Å²) in [5, 5.41) is 0. The average molecular weight is 212 g/mol. The molecule has 0 aromatic carbocycles. The zero-order valence-electron chi connectivity index (χ0n) is 9.62. The second-order valence-corrected chi connectivity index (χ2v) is 4.37. The minimum absolute atomic E-state index is 0.113.